The molecule has 0 aromatic rings. The van der Waals surface area contributed by atoms with Crippen molar-refractivity contribution in [2.24, 2.45) is 23.2 Å². The standard InChI is InChI=1S/C21H38O2/c1-7-20(5,6)19(22)13-17-9-8-12-21(23-17)14-16(4)10-11-18(21)15(2)3/h7,15-19,22H,1,8-14H2,2-6H3/t16-,17+,18+,19+,21?/m1/s1. The SMILES string of the molecule is C=CC(C)(C)[C@@H](O)C[C@@H]1CCCC2(C[C@H](C)CC[C@H]2C(C)C)O1. The van der Waals surface area contributed by atoms with Gasteiger partial charge in [0, 0.05) is 11.8 Å². The topological polar surface area (TPSA) is 29.5 Å². The third kappa shape index (κ3) is 4.20. The summed E-state index contributed by atoms with van der Waals surface area (Å²) in [6.45, 7) is 15.1. The minimum Gasteiger partial charge on any atom is -0.392 e. The summed E-state index contributed by atoms with van der Waals surface area (Å²) in [6.07, 6.45) is 9.80. The summed E-state index contributed by atoms with van der Waals surface area (Å²) in [5, 5.41) is 10.6. The first-order valence-corrected chi connectivity index (χ1v) is 9.69. The van der Waals surface area contributed by atoms with E-state index in [-0.39, 0.29) is 23.2 Å². The third-order valence-corrected chi connectivity index (χ3v) is 6.54. The van der Waals surface area contributed by atoms with Crippen LogP contribution in [0.5, 0.6) is 0 Å². The lowest BCUT2D eigenvalue weighted by molar-refractivity contribution is -0.199. The summed E-state index contributed by atoms with van der Waals surface area (Å²) in [5.41, 5.74) is -0.182. The Labute approximate surface area is 143 Å². The molecule has 0 amide bonds. The highest BCUT2D eigenvalue weighted by Gasteiger charge is 2.48. The van der Waals surface area contributed by atoms with E-state index in [1.807, 2.05) is 6.08 Å². The number of aliphatic hydroxyl groups excluding tert-OH is 1. The maximum absolute atomic E-state index is 10.6. The second-order valence-electron chi connectivity index (χ2n) is 9.21. The Balaban J connectivity index is 2.10. The van der Waals surface area contributed by atoms with Crippen LogP contribution in [0.2, 0.25) is 0 Å². The zero-order valence-corrected chi connectivity index (χ0v) is 16.0. The zero-order chi connectivity index (χ0) is 17.3. The van der Waals surface area contributed by atoms with Gasteiger partial charge in [0.25, 0.3) is 0 Å². The molecule has 5 atom stereocenters. The van der Waals surface area contributed by atoms with Crippen LogP contribution >= 0.6 is 0 Å². The quantitative estimate of drug-likeness (QED) is 0.691. The van der Waals surface area contributed by atoms with E-state index in [0.717, 1.165) is 18.8 Å². The highest BCUT2D eigenvalue weighted by molar-refractivity contribution is 4.99. The van der Waals surface area contributed by atoms with Gasteiger partial charge in [0.15, 0.2) is 0 Å². The van der Waals surface area contributed by atoms with Gasteiger partial charge in [0.05, 0.1) is 17.8 Å². The molecule has 2 rings (SSSR count). The molecule has 1 aliphatic heterocycles. The van der Waals surface area contributed by atoms with Crippen LogP contribution in [0.25, 0.3) is 0 Å². The first-order chi connectivity index (χ1) is 10.7. The summed E-state index contributed by atoms with van der Waals surface area (Å²) in [7, 11) is 0. The van der Waals surface area contributed by atoms with Crippen molar-refractivity contribution in [1.29, 1.82) is 0 Å². The van der Waals surface area contributed by atoms with E-state index in [0.29, 0.717) is 11.8 Å². The van der Waals surface area contributed by atoms with Crippen LogP contribution in [0.3, 0.4) is 0 Å². The summed E-state index contributed by atoms with van der Waals surface area (Å²) in [5.74, 6) is 2.11. The summed E-state index contributed by atoms with van der Waals surface area (Å²) >= 11 is 0. The molecule has 1 saturated heterocycles. The van der Waals surface area contributed by atoms with Crippen molar-refractivity contribution in [1.82, 2.24) is 0 Å². The lowest BCUT2D eigenvalue weighted by Crippen LogP contribution is -2.52. The smallest absolute Gasteiger partial charge is 0.0719 e. The first-order valence-electron chi connectivity index (χ1n) is 9.69. The average Bonchev–Trinajstić information content (AvgIpc) is 2.46. The van der Waals surface area contributed by atoms with Gasteiger partial charge in [-0.05, 0) is 49.9 Å². The molecule has 134 valence electrons. The predicted molar refractivity (Wildman–Crippen MR) is 97.4 cm³/mol. The molecule has 2 aliphatic rings. The molecule has 1 heterocycles. The van der Waals surface area contributed by atoms with Crippen molar-refractivity contribution in [3.63, 3.8) is 0 Å². The van der Waals surface area contributed by atoms with Crippen LogP contribution in [-0.2, 0) is 4.74 Å². The lowest BCUT2D eigenvalue weighted by Gasteiger charge is -2.52. The molecule has 0 aromatic carbocycles. The number of rotatable bonds is 5. The van der Waals surface area contributed by atoms with Gasteiger partial charge in [-0.25, -0.2) is 0 Å². The minimum atomic E-state index is -0.376. The Morgan fingerprint density at radius 1 is 1.30 bits per heavy atom. The van der Waals surface area contributed by atoms with Crippen molar-refractivity contribution in [3.05, 3.63) is 12.7 Å². The summed E-state index contributed by atoms with van der Waals surface area (Å²) in [4.78, 5) is 0. The molecule has 23 heavy (non-hydrogen) atoms. The van der Waals surface area contributed by atoms with Crippen molar-refractivity contribution < 1.29 is 9.84 Å². The normalized spacial score (nSPS) is 37.1. The van der Waals surface area contributed by atoms with Crippen LogP contribution < -0.4 is 0 Å². The Hall–Kier alpha value is -0.340. The van der Waals surface area contributed by atoms with Crippen LogP contribution in [0.1, 0.15) is 79.6 Å². The Bertz CT molecular complexity index is 401. The minimum absolute atomic E-state index is 0.0623. The van der Waals surface area contributed by atoms with E-state index in [1.54, 1.807) is 0 Å². The fourth-order valence-electron chi connectivity index (χ4n) is 4.87. The molecule has 0 bridgehead atoms. The molecular weight excluding hydrogens is 284 g/mol. The van der Waals surface area contributed by atoms with E-state index in [9.17, 15) is 5.11 Å². The molecule has 1 N–H and O–H groups in total. The van der Waals surface area contributed by atoms with Crippen LogP contribution in [-0.4, -0.2) is 22.9 Å². The molecular formula is C21H38O2. The van der Waals surface area contributed by atoms with E-state index in [4.69, 9.17) is 4.74 Å². The van der Waals surface area contributed by atoms with Gasteiger partial charge in [-0.15, -0.1) is 6.58 Å². The molecule has 2 nitrogen and oxygen atoms in total. The molecule has 0 radical (unpaired) electrons. The lowest BCUT2D eigenvalue weighted by atomic mass is 9.64. The maximum Gasteiger partial charge on any atom is 0.0719 e. The van der Waals surface area contributed by atoms with Crippen molar-refractivity contribution >= 4 is 0 Å². The van der Waals surface area contributed by atoms with Gasteiger partial charge in [-0.1, -0.05) is 47.1 Å². The van der Waals surface area contributed by atoms with Crippen molar-refractivity contribution in [2.75, 3.05) is 0 Å². The van der Waals surface area contributed by atoms with E-state index in [1.165, 1.54) is 32.1 Å². The van der Waals surface area contributed by atoms with E-state index in [2.05, 4.69) is 41.2 Å². The summed E-state index contributed by atoms with van der Waals surface area (Å²) in [6, 6.07) is 0. The van der Waals surface area contributed by atoms with Crippen molar-refractivity contribution in [3.8, 4) is 0 Å². The van der Waals surface area contributed by atoms with Gasteiger partial charge < -0.3 is 9.84 Å². The molecule has 2 fully saturated rings. The van der Waals surface area contributed by atoms with Crippen LogP contribution in [0.4, 0.5) is 0 Å². The fourth-order valence-corrected chi connectivity index (χ4v) is 4.87. The maximum atomic E-state index is 10.6. The third-order valence-electron chi connectivity index (χ3n) is 6.54. The van der Waals surface area contributed by atoms with Crippen LogP contribution in [0.15, 0.2) is 12.7 Å². The Kier molecular flexibility index (Phi) is 6.00. The van der Waals surface area contributed by atoms with Gasteiger partial charge in [0.2, 0.25) is 0 Å². The molecule has 0 aromatic heterocycles. The first kappa shape index (κ1) is 19.0. The number of hydrogen-bond acceptors (Lipinski definition) is 2. The van der Waals surface area contributed by atoms with Gasteiger partial charge in [-0.3, -0.25) is 0 Å². The highest BCUT2D eigenvalue weighted by Crippen LogP contribution is 2.49. The number of aliphatic hydroxyl groups is 1. The summed E-state index contributed by atoms with van der Waals surface area (Å²) < 4.78 is 6.78. The molecule has 1 saturated carbocycles. The zero-order valence-electron chi connectivity index (χ0n) is 16.0. The predicted octanol–water partition coefficient (Wildman–Crippen LogP) is 5.35. The number of ether oxygens (including phenoxy) is 1. The monoisotopic (exact) mass is 322 g/mol. The molecule has 1 aliphatic carbocycles. The second-order valence-corrected chi connectivity index (χ2v) is 9.21. The average molecular weight is 323 g/mol. The number of hydrogen-bond donors (Lipinski definition) is 1. The van der Waals surface area contributed by atoms with Crippen molar-refractivity contribution in [2.45, 2.75) is 97.4 Å². The van der Waals surface area contributed by atoms with E-state index >= 15 is 0 Å². The van der Waals surface area contributed by atoms with Gasteiger partial charge >= 0.3 is 0 Å². The van der Waals surface area contributed by atoms with Gasteiger partial charge in [-0.2, -0.15) is 0 Å². The Morgan fingerprint density at radius 3 is 2.61 bits per heavy atom. The molecule has 1 spiro atoms. The second kappa shape index (κ2) is 7.27. The van der Waals surface area contributed by atoms with Gasteiger partial charge in [0.1, 0.15) is 0 Å². The molecule has 2 heteroatoms. The largest absolute Gasteiger partial charge is 0.392 e. The van der Waals surface area contributed by atoms with E-state index < -0.39 is 0 Å². The Morgan fingerprint density at radius 2 is 2.00 bits per heavy atom. The van der Waals surface area contributed by atoms with Crippen LogP contribution in [0, 0.1) is 23.2 Å². The highest BCUT2D eigenvalue weighted by atomic mass is 16.5. The fraction of sp³-hybridized carbons (Fsp3) is 0.905. The molecule has 1 unspecified atom stereocenters.